The molecule has 0 amide bonds. The number of aromatic nitrogens is 2. The van der Waals surface area contributed by atoms with Crippen LogP contribution in [0.3, 0.4) is 0 Å². The van der Waals surface area contributed by atoms with Crippen molar-refractivity contribution in [1.29, 1.82) is 0 Å². The Labute approximate surface area is 266 Å². The van der Waals surface area contributed by atoms with Gasteiger partial charge in [-0.1, -0.05) is 107 Å². The molecule has 0 aliphatic heterocycles. The molecule has 44 heavy (non-hydrogen) atoms. The molecular weight excluding hydrogens is 569 g/mol. The molecule has 0 radical (unpaired) electrons. The van der Waals surface area contributed by atoms with Gasteiger partial charge in [-0.25, -0.2) is 4.98 Å². The molecule has 0 aliphatic rings. The second kappa shape index (κ2) is 10.9. The van der Waals surface area contributed by atoms with Crippen LogP contribution in [-0.4, -0.2) is 17.6 Å². The maximum absolute atomic E-state index is 5.34. The van der Waals surface area contributed by atoms with Gasteiger partial charge in [0.05, 0.1) is 24.8 Å². The molecule has 2 nitrogen and oxygen atoms in total. The Morgan fingerprint density at radius 2 is 1.23 bits per heavy atom. The quantitative estimate of drug-likeness (QED) is 0.172. The molecule has 4 heteroatoms. The van der Waals surface area contributed by atoms with Crippen LogP contribution >= 0.6 is 11.3 Å². The van der Waals surface area contributed by atoms with Crippen molar-refractivity contribution in [2.24, 2.45) is 0 Å². The molecule has 0 N–H and O–H groups in total. The summed E-state index contributed by atoms with van der Waals surface area (Å²) in [5.74, 6) is 1.68. The highest BCUT2D eigenvalue weighted by atomic mass is 32.1. The first-order valence-corrected chi connectivity index (χ1v) is 20.1. The minimum absolute atomic E-state index is 0.337. The first-order valence-electron chi connectivity index (χ1n) is 15.8. The Hall–Kier alpha value is -3.99. The zero-order valence-corrected chi connectivity index (χ0v) is 28.6. The van der Waals surface area contributed by atoms with Gasteiger partial charge in [0, 0.05) is 25.7 Å². The van der Waals surface area contributed by atoms with Crippen molar-refractivity contribution in [1.82, 2.24) is 9.55 Å². The largest absolute Gasteiger partial charge is 0.292 e. The predicted octanol–water partition coefficient (Wildman–Crippen LogP) is 11.5. The van der Waals surface area contributed by atoms with Crippen LogP contribution in [0.15, 0.2) is 103 Å². The van der Waals surface area contributed by atoms with Gasteiger partial charge < -0.3 is 0 Å². The fourth-order valence-electron chi connectivity index (χ4n) is 6.44. The van der Waals surface area contributed by atoms with Crippen LogP contribution in [0, 0.1) is 0 Å². The molecule has 0 saturated heterocycles. The first-order chi connectivity index (χ1) is 21.1. The summed E-state index contributed by atoms with van der Waals surface area (Å²) in [5.41, 5.74) is 9.83. The number of nitrogens with zero attached hydrogens (tertiary/aromatic N) is 2. The molecule has 0 fully saturated rings. The highest BCUT2D eigenvalue weighted by Crippen LogP contribution is 2.41. The number of fused-ring (bicyclic) bond motifs is 4. The van der Waals surface area contributed by atoms with Crippen molar-refractivity contribution in [2.75, 3.05) is 0 Å². The molecule has 220 valence electrons. The van der Waals surface area contributed by atoms with Gasteiger partial charge in [0.2, 0.25) is 0 Å². The van der Waals surface area contributed by atoms with Gasteiger partial charge in [-0.05, 0) is 82.6 Å². The molecule has 7 rings (SSSR count). The molecule has 2 heterocycles. The summed E-state index contributed by atoms with van der Waals surface area (Å²) in [4.78, 5) is 5.34. The molecule has 0 spiro atoms. The van der Waals surface area contributed by atoms with Gasteiger partial charge in [0.1, 0.15) is 5.82 Å². The van der Waals surface area contributed by atoms with Gasteiger partial charge in [0.15, 0.2) is 0 Å². The molecule has 0 atom stereocenters. The number of imidazole rings is 1. The Bertz CT molecular complexity index is 2130. The summed E-state index contributed by atoms with van der Waals surface area (Å²) < 4.78 is 5.14. The van der Waals surface area contributed by atoms with E-state index in [0.717, 1.165) is 22.4 Å². The van der Waals surface area contributed by atoms with Crippen LogP contribution in [0.1, 0.15) is 50.7 Å². The predicted molar refractivity (Wildman–Crippen MR) is 196 cm³/mol. The maximum atomic E-state index is 5.34. The average molecular weight is 609 g/mol. The second-order valence-electron chi connectivity index (χ2n) is 13.7. The highest BCUT2D eigenvalue weighted by Gasteiger charge is 2.24. The lowest BCUT2D eigenvalue weighted by atomic mass is 9.88. The van der Waals surface area contributed by atoms with E-state index >= 15 is 0 Å². The molecule has 0 aliphatic carbocycles. The Balaban J connectivity index is 1.53. The van der Waals surface area contributed by atoms with E-state index in [1.54, 1.807) is 0 Å². The van der Waals surface area contributed by atoms with E-state index in [-0.39, 0.29) is 0 Å². The van der Waals surface area contributed by atoms with Gasteiger partial charge in [-0.3, -0.25) is 4.57 Å². The first kappa shape index (κ1) is 28.8. The molecular formula is C40H40N2SSi. The normalized spacial score (nSPS) is 12.4. The highest BCUT2D eigenvalue weighted by molar-refractivity contribution is 7.25. The van der Waals surface area contributed by atoms with E-state index < -0.39 is 8.07 Å². The molecule has 7 aromatic rings. The van der Waals surface area contributed by atoms with Crippen molar-refractivity contribution in [2.45, 2.75) is 59.2 Å². The summed E-state index contributed by atoms with van der Waals surface area (Å²) in [7, 11) is -1.44. The number of thiophene rings is 1. The Morgan fingerprint density at radius 1 is 0.614 bits per heavy atom. The molecule has 0 saturated carbocycles. The lowest BCUT2D eigenvalue weighted by Gasteiger charge is -2.24. The van der Waals surface area contributed by atoms with Crippen molar-refractivity contribution < 1.29 is 0 Å². The van der Waals surface area contributed by atoms with Gasteiger partial charge in [-0.15, -0.1) is 11.3 Å². The number of benzene rings is 5. The van der Waals surface area contributed by atoms with Crippen LogP contribution in [-0.2, 0) is 0 Å². The van der Waals surface area contributed by atoms with Gasteiger partial charge in [-0.2, -0.15) is 0 Å². The molecule has 0 unspecified atom stereocenters. The van der Waals surface area contributed by atoms with E-state index in [9.17, 15) is 0 Å². The zero-order valence-electron chi connectivity index (χ0n) is 26.8. The van der Waals surface area contributed by atoms with E-state index in [1.807, 2.05) is 11.3 Å². The van der Waals surface area contributed by atoms with E-state index in [0.29, 0.717) is 11.8 Å². The molecule has 0 bridgehead atoms. The standard InChI is InChI=1S/C40H40N2SSi/c1-25(2)31-22-29(27-13-9-8-10-14-27)23-32(26(3)4)39(31)42-36-16-12-11-15-35(36)41-40(42)28-17-19-37-33(21-28)34-24-30(44(5,6)7)18-20-38(34)43-37/h8-26H,1-7H3. The number of hydrogen-bond donors (Lipinski definition) is 0. The van der Waals surface area contributed by atoms with E-state index in [2.05, 4.69) is 155 Å². The lowest BCUT2D eigenvalue weighted by Crippen LogP contribution is -2.37. The number of para-hydroxylation sites is 2. The zero-order chi connectivity index (χ0) is 30.7. The minimum Gasteiger partial charge on any atom is -0.292 e. The molecule has 5 aromatic carbocycles. The van der Waals surface area contributed by atoms with Gasteiger partial charge >= 0.3 is 0 Å². The average Bonchev–Trinajstić information content (AvgIpc) is 3.58. The summed E-state index contributed by atoms with van der Waals surface area (Å²) in [6.45, 7) is 16.5. The van der Waals surface area contributed by atoms with Crippen LogP contribution in [0.4, 0.5) is 0 Å². The Morgan fingerprint density at radius 3 is 1.89 bits per heavy atom. The van der Waals surface area contributed by atoms with Crippen molar-refractivity contribution >= 4 is 55.8 Å². The van der Waals surface area contributed by atoms with Crippen LogP contribution in [0.25, 0.3) is 59.4 Å². The lowest BCUT2D eigenvalue weighted by molar-refractivity contribution is 0.811. The summed E-state index contributed by atoms with van der Waals surface area (Å²) in [6, 6.07) is 38.3. The molecule has 2 aromatic heterocycles. The summed E-state index contributed by atoms with van der Waals surface area (Å²) in [5, 5.41) is 4.20. The van der Waals surface area contributed by atoms with Crippen molar-refractivity contribution in [3.05, 3.63) is 114 Å². The fourth-order valence-corrected chi connectivity index (χ4v) is 8.67. The van der Waals surface area contributed by atoms with Crippen LogP contribution in [0.2, 0.25) is 19.6 Å². The van der Waals surface area contributed by atoms with E-state index in [4.69, 9.17) is 4.98 Å². The smallest absolute Gasteiger partial charge is 0.145 e. The Kier molecular flexibility index (Phi) is 7.10. The van der Waals surface area contributed by atoms with Crippen molar-refractivity contribution in [3.8, 4) is 28.2 Å². The minimum atomic E-state index is -1.44. The fraction of sp³-hybridized carbons (Fsp3) is 0.225. The second-order valence-corrected chi connectivity index (χ2v) is 19.9. The summed E-state index contributed by atoms with van der Waals surface area (Å²) >= 11 is 1.89. The third-order valence-electron chi connectivity index (χ3n) is 8.90. The van der Waals surface area contributed by atoms with Crippen molar-refractivity contribution in [3.63, 3.8) is 0 Å². The SMILES string of the molecule is CC(C)c1cc(-c2ccccc2)cc(C(C)C)c1-n1c(-c2ccc3sc4ccc([Si](C)(C)C)cc4c3c2)nc2ccccc21. The maximum Gasteiger partial charge on any atom is 0.145 e. The van der Waals surface area contributed by atoms with Crippen LogP contribution in [0.5, 0.6) is 0 Å². The summed E-state index contributed by atoms with van der Waals surface area (Å²) in [6.07, 6.45) is 0. The van der Waals surface area contributed by atoms with E-state index in [1.165, 1.54) is 53.3 Å². The topological polar surface area (TPSA) is 17.8 Å². The monoisotopic (exact) mass is 608 g/mol. The van der Waals surface area contributed by atoms with Gasteiger partial charge in [0.25, 0.3) is 0 Å². The van der Waals surface area contributed by atoms with Crippen LogP contribution < -0.4 is 5.19 Å². The number of rotatable bonds is 6. The third-order valence-corrected chi connectivity index (χ3v) is 12.1. The number of hydrogen-bond acceptors (Lipinski definition) is 2. The third kappa shape index (κ3) is 4.91.